The number of fused-ring (bicyclic) bond motifs is 1. The van der Waals surface area contributed by atoms with Crippen LogP contribution in [0.5, 0.6) is 0 Å². The molecule has 4 nitrogen and oxygen atoms in total. The normalized spacial score (nSPS) is 23.9. The summed E-state index contributed by atoms with van der Waals surface area (Å²) in [4.78, 5) is 7.64. The maximum atomic E-state index is 9.76. The summed E-state index contributed by atoms with van der Waals surface area (Å²) in [5.74, 6) is 0.946. The zero-order chi connectivity index (χ0) is 12.5. The van der Waals surface area contributed by atoms with E-state index in [1.807, 2.05) is 13.0 Å². The first-order valence-electron chi connectivity index (χ1n) is 6.59. The molecule has 3 rings (SSSR count). The van der Waals surface area contributed by atoms with Crippen molar-refractivity contribution in [1.29, 1.82) is 0 Å². The van der Waals surface area contributed by atoms with Crippen LogP contribution in [-0.4, -0.2) is 27.2 Å². The van der Waals surface area contributed by atoms with E-state index in [9.17, 15) is 5.11 Å². The Bertz CT molecular complexity index is 549. The van der Waals surface area contributed by atoms with Gasteiger partial charge in [-0.25, -0.2) is 4.98 Å². The zero-order valence-corrected chi connectivity index (χ0v) is 10.6. The average molecular weight is 245 g/mol. The Balaban J connectivity index is 1.70. The fourth-order valence-corrected chi connectivity index (χ4v) is 2.72. The van der Waals surface area contributed by atoms with E-state index in [0.29, 0.717) is 0 Å². The second-order valence-electron chi connectivity index (χ2n) is 5.16. The van der Waals surface area contributed by atoms with Crippen molar-refractivity contribution in [1.82, 2.24) is 15.3 Å². The summed E-state index contributed by atoms with van der Waals surface area (Å²) in [5.41, 5.74) is 3.32. The Morgan fingerprint density at radius 1 is 1.44 bits per heavy atom. The van der Waals surface area contributed by atoms with Crippen LogP contribution in [0.25, 0.3) is 11.0 Å². The molecule has 1 fully saturated rings. The van der Waals surface area contributed by atoms with Crippen molar-refractivity contribution in [2.45, 2.75) is 44.9 Å². The Morgan fingerprint density at radius 2 is 2.33 bits per heavy atom. The zero-order valence-electron chi connectivity index (χ0n) is 10.6. The van der Waals surface area contributed by atoms with Crippen LogP contribution in [0, 0.1) is 6.92 Å². The summed E-state index contributed by atoms with van der Waals surface area (Å²) in [5, 5.41) is 13.2. The van der Waals surface area contributed by atoms with E-state index in [1.54, 1.807) is 0 Å². The number of hydrogen-bond donors (Lipinski definition) is 3. The van der Waals surface area contributed by atoms with Crippen molar-refractivity contribution in [3.63, 3.8) is 0 Å². The molecule has 1 saturated carbocycles. The molecule has 0 spiro atoms. The highest BCUT2D eigenvalue weighted by Gasteiger charge is 2.24. The molecule has 2 aromatic rings. The number of aryl methyl sites for hydroxylation is 1. The standard InChI is InChI=1S/C14H19N3O/c1-9-16-11-6-5-10(7-13(11)17-9)8-15-12-3-2-4-14(12)18/h5-7,12,14-15,18H,2-4,8H2,1H3,(H,16,17)/t12-,14+/m0/s1. The molecule has 0 radical (unpaired) electrons. The van der Waals surface area contributed by atoms with Gasteiger partial charge in [-0.3, -0.25) is 0 Å². The highest BCUT2D eigenvalue weighted by Crippen LogP contribution is 2.19. The number of aromatic nitrogens is 2. The van der Waals surface area contributed by atoms with Gasteiger partial charge < -0.3 is 15.4 Å². The molecule has 2 atom stereocenters. The van der Waals surface area contributed by atoms with Crippen LogP contribution in [0.2, 0.25) is 0 Å². The van der Waals surface area contributed by atoms with Crippen LogP contribution in [-0.2, 0) is 6.54 Å². The minimum Gasteiger partial charge on any atom is -0.392 e. The fourth-order valence-electron chi connectivity index (χ4n) is 2.72. The highest BCUT2D eigenvalue weighted by atomic mass is 16.3. The number of aliphatic hydroxyl groups is 1. The molecule has 96 valence electrons. The van der Waals surface area contributed by atoms with Gasteiger partial charge in [0, 0.05) is 12.6 Å². The average Bonchev–Trinajstić information content (AvgIpc) is 2.90. The second kappa shape index (κ2) is 4.71. The van der Waals surface area contributed by atoms with Crippen molar-refractivity contribution in [3.8, 4) is 0 Å². The third kappa shape index (κ3) is 2.26. The van der Waals surface area contributed by atoms with Gasteiger partial charge in [0.15, 0.2) is 0 Å². The quantitative estimate of drug-likeness (QED) is 0.773. The molecule has 3 N–H and O–H groups in total. The summed E-state index contributed by atoms with van der Waals surface area (Å²) in [6, 6.07) is 6.52. The Kier molecular flexibility index (Phi) is 3.06. The monoisotopic (exact) mass is 245 g/mol. The van der Waals surface area contributed by atoms with Crippen LogP contribution in [0.1, 0.15) is 30.7 Å². The third-order valence-corrected chi connectivity index (χ3v) is 3.71. The number of imidazole rings is 1. The van der Waals surface area contributed by atoms with Gasteiger partial charge in [-0.05, 0) is 43.9 Å². The Hall–Kier alpha value is -1.39. The molecular weight excluding hydrogens is 226 g/mol. The lowest BCUT2D eigenvalue weighted by Gasteiger charge is -2.16. The first-order chi connectivity index (χ1) is 8.72. The third-order valence-electron chi connectivity index (χ3n) is 3.71. The van der Waals surface area contributed by atoms with Crippen molar-refractivity contribution in [2.75, 3.05) is 0 Å². The molecule has 18 heavy (non-hydrogen) atoms. The summed E-state index contributed by atoms with van der Waals surface area (Å²) in [6.45, 7) is 2.77. The lowest BCUT2D eigenvalue weighted by Crippen LogP contribution is -2.34. The molecule has 1 aliphatic rings. The summed E-state index contributed by atoms with van der Waals surface area (Å²) in [6.07, 6.45) is 2.95. The van der Waals surface area contributed by atoms with Crippen molar-refractivity contribution < 1.29 is 5.11 Å². The minimum absolute atomic E-state index is 0.178. The van der Waals surface area contributed by atoms with Gasteiger partial charge in [-0.1, -0.05) is 6.07 Å². The van der Waals surface area contributed by atoms with E-state index in [1.165, 1.54) is 5.56 Å². The molecule has 0 unspecified atom stereocenters. The van der Waals surface area contributed by atoms with Crippen molar-refractivity contribution in [3.05, 3.63) is 29.6 Å². The molecule has 0 bridgehead atoms. The molecule has 1 aliphatic carbocycles. The molecule has 0 amide bonds. The van der Waals surface area contributed by atoms with Gasteiger partial charge in [-0.15, -0.1) is 0 Å². The smallest absolute Gasteiger partial charge is 0.104 e. The lowest BCUT2D eigenvalue weighted by molar-refractivity contribution is 0.148. The molecule has 1 heterocycles. The molecule has 0 saturated heterocycles. The van der Waals surface area contributed by atoms with Crippen molar-refractivity contribution in [2.24, 2.45) is 0 Å². The first kappa shape index (κ1) is 11.7. The van der Waals surface area contributed by atoms with E-state index < -0.39 is 0 Å². The molecule has 4 heteroatoms. The number of aromatic amines is 1. The summed E-state index contributed by atoms with van der Waals surface area (Å²) >= 11 is 0. The predicted molar refractivity (Wildman–Crippen MR) is 71.3 cm³/mol. The number of rotatable bonds is 3. The molecule has 1 aromatic heterocycles. The minimum atomic E-state index is -0.178. The van der Waals surface area contributed by atoms with Crippen LogP contribution in [0.3, 0.4) is 0 Å². The maximum absolute atomic E-state index is 9.76. The number of nitrogens with one attached hydrogen (secondary N) is 2. The number of H-pyrrole nitrogens is 1. The van der Waals surface area contributed by atoms with E-state index in [-0.39, 0.29) is 12.1 Å². The van der Waals surface area contributed by atoms with Gasteiger partial charge in [0.1, 0.15) is 5.82 Å². The van der Waals surface area contributed by atoms with Crippen LogP contribution in [0.15, 0.2) is 18.2 Å². The van der Waals surface area contributed by atoms with Gasteiger partial charge in [0.2, 0.25) is 0 Å². The largest absolute Gasteiger partial charge is 0.392 e. The van der Waals surface area contributed by atoms with Crippen molar-refractivity contribution >= 4 is 11.0 Å². The Labute approximate surface area is 106 Å². The number of benzene rings is 1. The SMILES string of the molecule is Cc1nc2ccc(CN[C@H]3CCC[C@H]3O)cc2[nH]1. The number of nitrogens with zero attached hydrogens (tertiary/aromatic N) is 1. The highest BCUT2D eigenvalue weighted by molar-refractivity contribution is 5.75. The van der Waals surface area contributed by atoms with Crippen LogP contribution >= 0.6 is 0 Å². The lowest BCUT2D eigenvalue weighted by atomic mass is 10.1. The van der Waals surface area contributed by atoms with E-state index in [0.717, 1.165) is 42.7 Å². The van der Waals surface area contributed by atoms with Crippen LogP contribution in [0.4, 0.5) is 0 Å². The van der Waals surface area contributed by atoms with Gasteiger partial charge in [-0.2, -0.15) is 0 Å². The van der Waals surface area contributed by atoms with Crippen LogP contribution < -0.4 is 5.32 Å². The molecular formula is C14H19N3O. The van der Waals surface area contributed by atoms with E-state index in [2.05, 4.69) is 27.4 Å². The maximum Gasteiger partial charge on any atom is 0.104 e. The predicted octanol–water partition coefficient (Wildman–Crippen LogP) is 1.87. The molecule has 1 aromatic carbocycles. The van der Waals surface area contributed by atoms with Gasteiger partial charge in [0.25, 0.3) is 0 Å². The number of aliphatic hydroxyl groups excluding tert-OH is 1. The first-order valence-corrected chi connectivity index (χ1v) is 6.59. The Morgan fingerprint density at radius 3 is 3.11 bits per heavy atom. The van der Waals surface area contributed by atoms with Gasteiger partial charge in [0.05, 0.1) is 17.1 Å². The fraction of sp³-hybridized carbons (Fsp3) is 0.500. The molecule has 0 aliphatic heterocycles. The van der Waals surface area contributed by atoms with E-state index >= 15 is 0 Å². The topological polar surface area (TPSA) is 60.9 Å². The summed E-state index contributed by atoms with van der Waals surface area (Å²) in [7, 11) is 0. The second-order valence-corrected chi connectivity index (χ2v) is 5.16. The van der Waals surface area contributed by atoms with E-state index in [4.69, 9.17) is 0 Å². The summed E-state index contributed by atoms with van der Waals surface area (Å²) < 4.78 is 0. The van der Waals surface area contributed by atoms with Gasteiger partial charge >= 0.3 is 0 Å². The number of hydrogen-bond acceptors (Lipinski definition) is 3.